The summed E-state index contributed by atoms with van der Waals surface area (Å²) < 4.78 is 50.6. The second-order valence-corrected chi connectivity index (χ2v) is 14.8. The van der Waals surface area contributed by atoms with E-state index in [4.69, 9.17) is 42.6 Å². The van der Waals surface area contributed by atoms with Gasteiger partial charge in [0.2, 0.25) is 11.7 Å². The van der Waals surface area contributed by atoms with Crippen LogP contribution in [-0.2, 0) is 47.4 Å². The van der Waals surface area contributed by atoms with E-state index < -0.39 is 192 Å². The van der Waals surface area contributed by atoms with E-state index in [0.717, 1.165) is 6.92 Å². The lowest BCUT2D eigenvalue weighted by Gasteiger charge is -2.51. The molecule has 0 aromatic heterocycles. The van der Waals surface area contributed by atoms with Gasteiger partial charge in [-0.15, -0.1) is 0 Å². The highest BCUT2D eigenvalue weighted by Crippen LogP contribution is 2.37. The second-order valence-electron chi connectivity index (χ2n) is 14.8. The molecule has 344 valence electrons. The molecule has 0 bridgehead atoms. The molecule has 24 atom stereocenters. The molecule has 5 rings (SSSR count). The quantitative estimate of drug-likeness (QED) is 0.0770. The highest BCUT2D eigenvalue weighted by molar-refractivity contribution is 5.73. The van der Waals surface area contributed by atoms with Gasteiger partial charge >= 0.3 is 0 Å². The average Bonchev–Trinajstić information content (AvgIpc) is 3.21. The summed E-state index contributed by atoms with van der Waals surface area (Å²) in [5.41, 5.74) is 0. The number of carbonyl (C=O) groups is 1. The topological polar surface area (TPSA) is 436 Å². The molecule has 0 aromatic carbocycles. The van der Waals surface area contributed by atoms with Gasteiger partial charge in [0.15, 0.2) is 25.2 Å². The van der Waals surface area contributed by atoms with Crippen molar-refractivity contribution in [1.82, 2.24) is 5.32 Å². The third-order valence-corrected chi connectivity index (χ3v) is 10.8. The van der Waals surface area contributed by atoms with E-state index in [9.17, 15) is 86.5 Å². The van der Waals surface area contributed by atoms with E-state index in [1.807, 2.05) is 0 Å². The Morgan fingerprint density at radius 2 is 1.07 bits per heavy atom. The molecule has 0 unspecified atom stereocenters. The number of hydrogen-bond donors (Lipinski definition) is 17. The molecule has 5 saturated heterocycles. The number of amides is 1. The molecule has 1 amide bonds. The maximum atomic E-state index is 12.6. The molecule has 0 aliphatic carbocycles. The predicted molar refractivity (Wildman–Crippen MR) is 178 cm³/mol. The van der Waals surface area contributed by atoms with Gasteiger partial charge in [0.05, 0.1) is 33.0 Å². The van der Waals surface area contributed by atoms with Crippen molar-refractivity contribution in [2.45, 2.75) is 154 Å². The molecule has 27 nitrogen and oxygen atoms in total. The summed E-state index contributed by atoms with van der Waals surface area (Å²) in [6, 6.07) is -1.77. The lowest BCUT2D eigenvalue weighted by Crippen LogP contribution is -2.71. The molecule has 5 aliphatic heterocycles. The zero-order valence-corrected chi connectivity index (χ0v) is 31.3. The van der Waals surface area contributed by atoms with Gasteiger partial charge in [-0.1, -0.05) is 0 Å². The summed E-state index contributed by atoms with van der Waals surface area (Å²) in [5, 5.41) is 170. The lowest BCUT2D eigenvalue weighted by molar-refractivity contribution is -0.413. The number of carbonyl (C=O) groups excluding carboxylic acids is 1. The fraction of sp³-hybridized carbons (Fsp3) is 0.969. The van der Waals surface area contributed by atoms with Gasteiger partial charge in [-0.3, -0.25) is 4.79 Å². The van der Waals surface area contributed by atoms with Crippen molar-refractivity contribution >= 4 is 5.91 Å². The van der Waals surface area contributed by atoms with Crippen molar-refractivity contribution in [3.63, 3.8) is 0 Å². The highest BCUT2D eigenvalue weighted by Gasteiger charge is 2.59. The van der Waals surface area contributed by atoms with Crippen LogP contribution in [-0.4, -0.2) is 274 Å². The molecule has 17 N–H and O–H groups in total. The van der Waals surface area contributed by atoms with Crippen LogP contribution in [0, 0.1) is 0 Å². The van der Waals surface area contributed by atoms with E-state index in [2.05, 4.69) is 5.32 Å². The molecule has 0 radical (unpaired) electrons. The Balaban J connectivity index is 1.46. The molecular formula is C32H55NO26. The Hall–Kier alpha value is -1.53. The van der Waals surface area contributed by atoms with Gasteiger partial charge in [-0.2, -0.15) is 0 Å². The van der Waals surface area contributed by atoms with E-state index in [0.29, 0.717) is 0 Å². The standard InChI is InChI=1S/C32H55NO26/c1-8(39)33-14-24(57-31-26(19(45)16(42)10(2-34)55-31)59-32(7-38)27(49)15(41)9(40)6-51-32)17(43)11(3-35)53-29(14)58-25-18(44)12(4-36)54-30(22(25)48)56-23-13(5-37)52-28(50)21(47)20(23)46/h9-31,34-38,40-50H,2-7H2,1H3,(H,33,39)/t9-,10+,11+,12+,13+,14+,15-,16-,17+,18-,19-,20+,21+,22+,23+,24+,25-,26+,27+,28+,29-,30-,31-,32-/m0/s1. The van der Waals surface area contributed by atoms with Gasteiger partial charge in [0.25, 0.3) is 0 Å². The summed E-state index contributed by atoms with van der Waals surface area (Å²) in [4.78, 5) is 12.6. The average molecular weight is 870 g/mol. The Morgan fingerprint density at radius 3 is 1.64 bits per heavy atom. The third kappa shape index (κ3) is 9.84. The SMILES string of the molecule is CC(=O)N[C@H]1[C@H](O[C@H]2[C@@H](O)[C@@H](CO)O[C@@H](O[C@H]3[C@H](O)[C@@H](O)[C@H](O)O[C@@H]3CO)[C@@H]2O)O[C@H](CO)[C@@H](O)[C@@H]1O[C@@H]1O[C@H](CO)[C@H](O)[C@H](O)[C@H]1O[C@]1(CO)OC[C@H](O)[C@H](O)[C@H]1O. The molecule has 5 heterocycles. The van der Waals surface area contributed by atoms with Crippen molar-refractivity contribution in [1.29, 1.82) is 0 Å². The molecule has 5 aliphatic rings. The molecule has 27 heteroatoms. The summed E-state index contributed by atoms with van der Waals surface area (Å²) in [7, 11) is 0. The Morgan fingerprint density at radius 1 is 0.559 bits per heavy atom. The normalized spacial score (nSPS) is 51.0. The molecular weight excluding hydrogens is 814 g/mol. The Bertz CT molecular complexity index is 1340. The number of aliphatic hydroxyl groups is 16. The fourth-order valence-electron chi connectivity index (χ4n) is 7.44. The van der Waals surface area contributed by atoms with Crippen LogP contribution >= 0.6 is 0 Å². The second kappa shape index (κ2) is 20.3. The minimum absolute atomic E-state index is 0.717. The van der Waals surface area contributed by atoms with Crippen molar-refractivity contribution in [3.05, 3.63) is 0 Å². The van der Waals surface area contributed by atoms with E-state index in [1.165, 1.54) is 0 Å². The summed E-state index contributed by atoms with van der Waals surface area (Å²) in [6.45, 7) is -4.77. The summed E-state index contributed by atoms with van der Waals surface area (Å²) in [6.07, 6.45) is -42.0. The van der Waals surface area contributed by atoms with Gasteiger partial charge in [-0.05, 0) is 0 Å². The number of aliphatic hydroxyl groups excluding tert-OH is 16. The van der Waals surface area contributed by atoms with Gasteiger partial charge in [0, 0.05) is 6.92 Å². The van der Waals surface area contributed by atoms with Crippen LogP contribution in [0.5, 0.6) is 0 Å². The zero-order valence-electron chi connectivity index (χ0n) is 31.3. The Kier molecular flexibility index (Phi) is 16.7. The summed E-state index contributed by atoms with van der Waals surface area (Å²) >= 11 is 0. The van der Waals surface area contributed by atoms with Gasteiger partial charge < -0.3 is 130 Å². The lowest BCUT2D eigenvalue weighted by atomic mass is 9.93. The number of nitrogens with one attached hydrogen (secondary N) is 1. The van der Waals surface area contributed by atoms with Gasteiger partial charge in [0.1, 0.15) is 123 Å². The maximum absolute atomic E-state index is 12.6. The van der Waals surface area contributed by atoms with E-state index in [-0.39, 0.29) is 0 Å². The van der Waals surface area contributed by atoms with Crippen LogP contribution in [0.3, 0.4) is 0 Å². The first-order valence-electron chi connectivity index (χ1n) is 18.6. The fourth-order valence-corrected chi connectivity index (χ4v) is 7.44. The summed E-state index contributed by atoms with van der Waals surface area (Å²) in [5.74, 6) is -3.48. The molecule has 0 spiro atoms. The number of ether oxygens (including phenoxy) is 9. The first-order chi connectivity index (χ1) is 27.9. The minimum atomic E-state index is -2.63. The van der Waals surface area contributed by atoms with E-state index in [1.54, 1.807) is 0 Å². The van der Waals surface area contributed by atoms with Crippen molar-refractivity contribution < 1.29 is 129 Å². The molecule has 59 heavy (non-hydrogen) atoms. The van der Waals surface area contributed by atoms with Crippen LogP contribution in [0.15, 0.2) is 0 Å². The minimum Gasteiger partial charge on any atom is -0.394 e. The molecule has 5 fully saturated rings. The first kappa shape index (κ1) is 48.5. The van der Waals surface area contributed by atoms with Crippen LogP contribution in [0.2, 0.25) is 0 Å². The molecule has 0 aromatic rings. The van der Waals surface area contributed by atoms with Crippen molar-refractivity contribution in [2.75, 3.05) is 39.6 Å². The van der Waals surface area contributed by atoms with Crippen LogP contribution < -0.4 is 5.32 Å². The smallest absolute Gasteiger partial charge is 0.221 e. The van der Waals surface area contributed by atoms with Gasteiger partial charge in [-0.25, -0.2) is 0 Å². The Labute approximate surface area is 333 Å². The predicted octanol–water partition coefficient (Wildman–Crippen LogP) is -11.8. The number of rotatable bonds is 14. The third-order valence-electron chi connectivity index (χ3n) is 10.8. The first-order valence-corrected chi connectivity index (χ1v) is 18.6. The van der Waals surface area contributed by atoms with Crippen LogP contribution in [0.4, 0.5) is 0 Å². The largest absolute Gasteiger partial charge is 0.394 e. The zero-order chi connectivity index (χ0) is 43.7. The van der Waals surface area contributed by atoms with Crippen LogP contribution in [0.1, 0.15) is 6.92 Å². The van der Waals surface area contributed by atoms with E-state index >= 15 is 0 Å². The number of hydrogen-bond acceptors (Lipinski definition) is 26. The molecule has 0 saturated carbocycles. The maximum Gasteiger partial charge on any atom is 0.221 e. The van der Waals surface area contributed by atoms with Crippen molar-refractivity contribution in [3.8, 4) is 0 Å². The van der Waals surface area contributed by atoms with Crippen molar-refractivity contribution in [2.24, 2.45) is 0 Å². The monoisotopic (exact) mass is 869 g/mol. The van der Waals surface area contributed by atoms with Crippen LogP contribution in [0.25, 0.3) is 0 Å². The highest BCUT2D eigenvalue weighted by atomic mass is 16.8.